The highest BCUT2D eigenvalue weighted by atomic mass is 79.9. The molecule has 4 nitrogen and oxygen atoms in total. The van der Waals surface area contributed by atoms with Crippen molar-refractivity contribution in [1.82, 2.24) is 5.32 Å². The Bertz CT molecular complexity index is 1100. The van der Waals surface area contributed by atoms with E-state index in [9.17, 15) is 9.59 Å². The molecule has 0 aromatic heterocycles. The minimum atomic E-state index is -0.730. The lowest BCUT2D eigenvalue weighted by Crippen LogP contribution is -2.43. The average molecular weight is 482 g/mol. The van der Waals surface area contributed by atoms with Crippen LogP contribution in [0.5, 0.6) is 0 Å². The van der Waals surface area contributed by atoms with Crippen LogP contribution in [0.1, 0.15) is 42.6 Å². The third kappa shape index (κ3) is 4.52. The number of rotatable bonds is 7. The molecule has 0 spiro atoms. The predicted octanol–water partition coefficient (Wildman–Crippen LogP) is 6.29. The first-order valence-corrected chi connectivity index (χ1v) is 11.3. The van der Waals surface area contributed by atoms with Gasteiger partial charge >= 0.3 is 5.97 Å². The van der Waals surface area contributed by atoms with Gasteiger partial charge in [-0.05, 0) is 65.4 Å². The summed E-state index contributed by atoms with van der Waals surface area (Å²) in [5.41, 5.74) is 2.89. The quantitative estimate of drug-likeness (QED) is 0.403. The van der Waals surface area contributed by atoms with Gasteiger partial charge in [-0.15, -0.1) is 0 Å². The van der Waals surface area contributed by atoms with E-state index in [0.717, 1.165) is 31.9 Å². The van der Waals surface area contributed by atoms with Crippen molar-refractivity contribution in [3.63, 3.8) is 0 Å². The first-order valence-electron chi connectivity index (χ1n) is 10.5. The van der Waals surface area contributed by atoms with Gasteiger partial charge in [0, 0.05) is 11.0 Å². The number of benzene rings is 3. The second kappa shape index (κ2) is 9.65. The lowest BCUT2D eigenvalue weighted by Gasteiger charge is -2.29. The van der Waals surface area contributed by atoms with Crippen molar-refractivity contribution in [2.24, 2.45) is 5.41 Å². The van der Waals surface area contributed by atoms with Crippen molar-refractivity contribution in [2.75, 3.05) is 13.7 Å². The molecule has 162 valence electrons. The highest BCUT2D eigenvalue weighted by Gasteiger charge is 2.36. The normalized spacial score (nSPS) is 11.4. The van der Waals surface area contributed by atoms with Crippen LogP contribution in [0.25, 0.3) is 21.9 Å². The predicted molar refractivity (Wildman–Crippen MR) is 129 cm³/mol. The summed E-state index contributed by atoms with van der Waals surface area (Å²) in [6, 6.07) is 18.1. The number of amides is 1. The van der Waals surface area contributed by atoms with E-state index in [1.165, 1.54) is 7.11 Å². The topological polar surface area (TPSA) is 55.4 Å². The molecule has 0 aliphatic heterocycles. The van der Waals surface area contributed by atoms with Gasteiger partial charge in [-0.25, -0.2) is 0 Å². The number of halogens is 1. The van der Waals surface area contributed by atoms with Gasteiger partial charge in [0.1, 0.15) is 0 Å². The summed E-state index contributed by atoms with van der Waals surface area (Å²) in [4.78, 5) is 25.9. The number of nitrogens with one attached hydrogen (secondary N) is 1. The number of esters is 1. The summed E-state index contributed by atoms with van der Waals surface area (Å²) >= 11 is 3.53. The number of carbonyl (C=O) groups excluding carboxylic acids is 2. The van der Waals surface area contributed by atoms with Crippen molar-refractivity contribution < 1.29 is 14.3 Å². The molecule has 0 unspecified atom stereocenters. The zero-order valence-electron chi connectivity index (χ0n) is 18.4. The molecule has 3 rings (SSSR count). The third-order valence-electron chi connectivity index (χ3n) is 6.23. The fourth-order valence-corrected chi connectivity index (χ4v) is 4.46. The monoisotopic (exact) mass is 481 g/mol. The van der Waals surface area contributed by atoms with Gasteiger partial charge in [-0.1, -0.05) is 66.2 Å². The summed E-state index contributed by atoms with van der Waals surface area (Å²) in [5.74, 6) is -0.478. The fourth-order valence-electron chi connectivity index (χ4n) is 4.10. The van der Waals surface area contributed by atoms with Gasteiger partial charge in [0.2, 0.25) is 0 Å². The Hall–Kier alpha value is -2.66. The summed E-state index contributed by atoms with van der Waals surface area (Å²) in [6.07, 6.45) is 1.18. The molecule has 0 bridgehead atoms. The summed E-state index contributed by atoms with van der Waals surface area (Å²) in [5, 5.41) is 4.90. The van der Waals surface area contributed by atoms with Crippen molar-refractivity contribution >= 4 is 38.6 Å². The van der Waals surface area contributed by atoms with Crippen LogP contribution in [0.2, 0.25) is 0 Å². The Morgan fingerprint density at radius 1 is 1.03 bits per heavy atom. The van der Waals surface area contributed by atoms with Crippen LogP contribution in [0.15, 0.2) is 59.1 Å². The Morgan fingerprint density at radius 3 is 2.32 bits per heavy atom. The second-order valence-electron chi connectivity index (χ2n) is 7.82. The molecule has 0 aliphatic rings. The maximum Gasteiger partial charge on any atom is 0.313 e. The molecule has 0 atom stereocenters. The summed E-state index contributed by atoms with van der Waals surface area (Å²) < 4.78 is 5.93. The third-order valence-corrected chi connectivity index (χ3v) is 6.73. The van der Waals surface area contributed by atoms with Crippen LogP contribution < -0.4 is 5.32 Å². The molecule has 3 aromatic rings. The van der Waals surface area contributed by atoms with Crippen molar-refractivity contribution in [3.8, 4) is 11.1 Å². The van der Waals surface area contributed by atoms with E-state index in [1.54, 1.807) is 0 Å². The number of methoxy groups -OCH3 is 1. The van der Waals surface area contributed by atoms with Crippen LogP contribution >= 0.6 is 15.9 Å². The van der Waals surface area contributed by atoms with Gasteiger partial charge < -0.3 is 10.1 Å². The average Bonchev–Trinajstić information content (AvgIpc) is 2.79. The molecule has 31 heavy (non-hydrogen) atoms. The fraction of sp³-hybridized carbons (Fsp3) is 0.308. The van der Waals surface area contributed by atoms with E-state index >= 15 is 0 Å². The summed E-state index contributed by atoms with van der Waals surface area (Å²) in [7, 11) is 1.39. The van der Waals surface area contributed by atoms with Crippen LogP contribution in [-0.4, -0.2) is 25.5 Å². The van der Waals surface area contributed by atoms with E-state index in [0.29, 0.717) is 18.4 Å². The van der Waals surface area contributed by atoms with Crippen LogP contribution in [0.4, 0.5) is 0 Å². The largest absolute Gasteiger partial charge is 0.469 e. The van der Waals surface area contributed by atoms with Crippen LogP contribution in [0, 0.1) is 12.3 Å². The minimum Gasteiger partial charge on any atom is -0.469 e. The Kier molecular flexibility index (Phi) is 7.16. The zero-order chi connectivity index (χ0) is 22.6. The smallest absolute Gasteiger partial charge is 0.313 e. The second-order valence-corrected chi connectivity index (χ2v) is 8.73. The molecule has 0 radical (unpaired) electrons. The van der Waals surface area contributed by atoms with E-state index in [2.05, 4.69) is 27.3 Å². The van der Waals surface area contributed by atoms with Crippen molar-refractivity contribution in [1.29, 1.82) is 0 Å². The number of fused-ring (bicyclic) bond motifs is 1. The maximum atomic E-state index is 13.5. The highest BCUT2D eigenvalue weighted by Crippen LogP contribution is 2.34. The van der Waals surface area contributed by atoms with Crippen molar-refractivity contribution in [3.05, 3.63) is 70.2 Å². The highest BCUT2D eigenvalue weighted by molar-refractivity contribution is 9.10. The molecule has 0 fully saturated rings. The Morgan fingerprint density at radius 2 is 1.71 bits per heavy atom. The van der Waals surface area contributed by atoms with Crippen molar-refractivity contribution in [2.45, 2.75) is 33.6 Å². The molecule has 0 aliphatic carbocycles. The molecule has 1 amide bonds. The van der Waals surface area contributed by atoms with E-state index in [-0.39, 0.29) is 18.4 Å². The van der Waals surface area contributed by atoms with Gasteiger partial charge in [-0.3, -0.25) is 9.59 Å². The molecule has 1 N–H and O–H groups in total. The van der Waals surface area contributed by atoms with Gasteiger partial charge in [0.25, 0.3) is 5.91 Å². The molecular formula is C26H28BrNO3. The molecule has 0 saturated heterocycles. The molecular weight excluding hydrogens is 454 g/mol. The molecule has 0 heterocycles. The lowest BCUT2D eigenvalue weighted by molar-refractivity contribution is -0.152. The lowest BCUT2D eigenvalue weighted by atomic mass is 9.82. The molecule has 0 saturated carbocycles. The van der Waals surface area contributed by atoms with E-state index < -0.39 is 5.41 Å². The minimum absolute atomic E-state index is 0.187. The van der Waals surface area contributed by atoms with Gasteiger partial charge in [-0.2, -0.15) is 0 Å². The van der Waals surface area contributed by atoms with Crippen LogP contribution in [0.3, 0.4) is 0 Å². The number of hydrogen-bond acceptors (Lipinski definition) is 3. The number of hydrogen-bond donors (Lipinski definition) is 1. The standard InChI is InChI=1S/C26H28BrNO3/c1-5-26(6-2,25(30)31-4)16-28-24(29)23-17(3)21(18-10-8-7-9-11-18)14-19-12-13-20(27)15-22(19)23/h7-15H,5-6,16H2,1-4H3,(H,28,29). The number of ether oxygens (including phenoxy) is 1. The zero-order valence-corrected chi connectivity index (χ0v) is 20.0. The van der Waals surface area contributed by atoms with E-state index in [4.69, 9.17) is 4.74 Å². The van der Waals surface area contributed by atoms with Crippen LogP contribution in [-0.2, 0) is 9.53 Å². The maximum absolute atomic E-state index is 13.5. The molecule has 5 heteroatoms. The Balaban J connectivity index is 2.09. The summed E-state index contributed by atoms with van der Waals surface area (Å²) in [6.45, 7) is 6.10. The number of carbonyl (C=O) groups is 2. The van der Waals surface area contributed by atoms with Gasteiger partial charge in [0.05, 0.1) is 18.1 Å². The first kappa shape index (κ1) is 23.0. The molecule has 3 aromatic carbocycles. The SMILES string of the molecule is CCC(CC)(CNC(=O)c1c(C)c(-c2ccccc2)cc2ccc(Br)cc12)C(=O)OC. The Labute approximate surface area is 192 Å². The van der Waals surface area contributed by atoms with E-state index in [1.807, 2.05) is 69.3 Å². The first-order chi connectivity index (χ1) is 14.9. The van der Waals surface area contributed by atoms with Gasteiger partial charge in [0.15, 0.2) is 0 Å².